The number of fused-ring (bicyclic) bond motifs is 2. The second-order valence-corrected chi connectivity index (χ2v) is 11.9. The SMILES string of the molecule is CC1=C(O)C(=O)C[C@]2(C)[C@H]3[C@@H](O)[C@H](O)[C@@]4(C(=O)O)OC[C@@]35[C@@H](C[C@@H]12)OC(=O)[C@H](OC(=O)CC(C)C)[C@]54O. The van der Waals surface area contributed by atoms with Crippen LogP contribution in [0.15, 0.2) is 11.3 Å². The van der Waals surface area contributed by atoms with Crippen LogP contribution in [0.3, 0.4) is 0 Å². The number of Topliss-reactive ketones (excluding diaryl/α,β-unsaturated/α-hetero) is 1. The summed E-state index contributed by atoms with van der Waals surface area (Å²) in [4.78, 5) is 51.5. The number of carbonyl (C=O) groups is 4. The summed E-state index contributed by atoms with van der Waals surface area (Å²) in [7, 11) is 0. The summed E-state index contributed by atoms with van der Waals surface area (Å²) in [6.45, 7) is 6.08. The number of rotatable bonds is 4. The molecule has 0 radical (unpaired) electrons. The Bertz CT molecular complexity index is 1130. The molecule has 0 aromatic heterocycles. The number of allylic oxidation sites excluding steroid dienone is 2. The molecule has 0 aromatic rings. The quantitative estimate of drug-likeness (QED) is 0.299. The van der Waals surface area contributed by atoms with Crippen molar-refractivity contribution in [2.45, 2.75) is 82.6 Å². The number of carboxylic acid groups (broad SMARTS) is 1. The molecule has 4 fully saturated rings. The maximum Gasteiger partial charge on any atom is 0.351 e. The Hall–Kier alpha value is -2.54. The summed E-state index contributed by atoms with van der Waals surface area (Å²) in [5.74, 6) is -7.06. The van der Waals surface area contributed by atoms with Gasteiger partial charge in [-0.25, -0.2) is 9.59 Å². The maximum atomic E-state index is 13.3. The monoisotopic (exact) mass is 524 g/mol. The third-order valence-corrected chi connectivity index (χ3v) is 9.68. The zero-order valence-corrected chi connectivity index (χ0v) is 21.0. The Balaban J connectivity index is 1.76. The first-order chi connectivity index (χ1) is 17.1. The molecule has 2 aliphatic heterocycles. The highest BCUT2D eigenvalue weighted by molar-refractivity contribution is 5.96. The Labute approximate surface area is 212 Å². The first kappa shape index (κ1) is 26.1. The van der Waals surface area contributed by atoms with Crippen molar-refractivity contribution in [1.29, 1.82) is 0 Å². The van der Waals surface area contributed by atoms with Gasteiger partial charge in [-0.1, -0.05) is 20.8 Å². The summed E-state index contributed by atoms with van der Waals surface area (Å²) >= 11 is 0. The minimum Gasteiger partial charge on any atom is -0.504 e. The number of aliphatic hydroxyl groups is 4. The Kier molecular flexibility index (Phi) is 5.46. The lowest BCUT2D eigenvalue weighted by Gasteiger charge is -2.69. The lowest BCUT2D eigenvalue weighted by Crippen LogP contribution is -2.88. The number of hydrogen-bond acceptors (Lipinski definition) is 11. The first-order valence-electron chi connectivity index (χ1n) is 12.4. The van der Waals surface area contributed by atoms with Crippen LogP contribution in [-0.4, -0.2) is 91.4 Å². The molecule has 2 bridgehead atoms. The lowest BCUT2D eigenvalue weighted by atomic mass is 9.36. The number of carboxylic acids is 1. The van der Waals surface area contributed by atoms with Crippen LogP contribution in [-0.2, 0) is 33.4 Å². The molecule has 12 nitrogen and oxygen atoms in total. The Morgan fingerprint density at radius 1 is 1.22 bits per heavy atom. The molecule has 10 atom stereocenters. The molecule has 37 heavy (non-hydrogen) atoms. The topological polar surface area (TPSA) is 197 Å². The smallest absolute Gasteiger partial charge is 0.351 e. The highest BCUT2D eigenvalue weighted by Crippen LogP contribution is 2.74. The number of ether oxygens (including phenoxy) is 3. The Morgan fingerprint density at radius 2 is 1.86 bits per heavy atom. The van der Waals surface area contributed by atoms with E-state index in [0.717, 1.165) is 0 Å². The van der Waals surface area contributed by atoms with E-state index in [-0.39, 0.29) is 25.2 Å². The van der Waals surface area contributed by atoms with Gasteiger partial charge in [0.05, 0.1) is 18.1 Å². The summed E-state index contributed by atoms with van der Waals surface area (Å²) < 4.78 is 16.8. The van der Waals surface area contributed by atoms with Gasteiger partial charge in [-0.2, -0.15) is 0 Å². The molecule has 0 aromatic carbocycles. The third-order valence-electron chi connectivity index (χ3n) is 9.68. The largest absolute Gasteiger partial charge is 0.504 e. The van der Waals surface area contributed by atoms with Crippen molar-refractivity contribution in [3.63, 3.8) is 0 Å². The van der Waals surface area contributed by atoms with Crippen LogP contribution in [0, 0.1) is 28.6 Å². The van der Waals surface area contributed by atoms with Crippen molar-refractivity contribution in [2.24, 2.45) is 28.6 Å². The fourth-order valence-corrected chi connectivity index (χ4v) is 8.27. The fourth-order valence-electron chi connectivity index (χ4n) is 8.27. The van der Waals surface area contributed by atoms with Gasteiger partial charge in [0, 0.05) is 18.8 Å². The number of aliphatic hydroxyl groups excluding tert-OH is 3. The molecule has 3 aliphatic carbocycles. The number of hydrogen-bond donors (Lipinski definition) is 5. The third kappa shape index (κ3) is 2.76. The normalized spacial score (nSPS) is 48.3. The molecule has 1 spiro atoms. The average molecular weight is 525 g/mol. The van der Waals surface area contributed by atoms with Gasteiger partial charge < -0.3 is 39.7 Å². The minimum absolute atomic E-state index is 0.0290. The number of carbonyl (C=O) groups excluding carboxylic acids is 3. The molecule has 0 amide bonds. The molecule has 5 rings (SSSR count). The van der Waals surface area contributed by atoms with E-state index >= 15 is 0 Å². The van der Waals surface area contributed by atoms with Gasteiger partial charge in [0.1, 0.15) is 12.2 Å². The highest BCUT2D eigenvalue weighted by atomic mass is 16.6. The van der Waals surface area contributed by atoms with Crippen molar-refractivity contribution in [2.75, 3.05) is 6.61 Å². The summed E-state index contributed by atoms with van der Waals surface area (Å²) in [5, 5.41) is 56.0. The number of ketones is 1. The van der Waals surface area contributed by atoms with E-state index in [1.165, 1.54) is 0 Å². The van der Waals surface area contributed by atoms with E-state index < -0.39 is 94.3 Å². The molecule has 2 heterocycles. The average Bonchev–Trinajstić information content (AvgIpc) is 3.00. The highest BCUT2D eigenvalue weighted by Gasteiger charge is 2.92. The molecular weight excluding hydrogens is 492 g/mol. The van der Waals surface area contributed by atoms with Crippen LogP contribution < -0.4 is 0 Å². The van der Waals surface area contributed by atoms with E-state index in [2.05, 4.69) is 0 Å². The molecule has 204 valence electrons. The van der Waals surface area contributed by atoms with Crippen molar-refractivity contribution in [3.8, 4) is 0 Å². The van der Waals surface area contributed by atoms with Crippen LogP contribution in [0.2, 0.25) is 0 Å². The Morgan fingerprint density at radius 3 is 2.46 bits per heavy atom. The van der Waals surface area contributed by atoms with Crippen LogP contribution in [0.25, 0.3) is 0 Å². The van der Waals surface area contributed by atoms with Gasteiger partial charge in [-0.05, 0) is 36.2 Å². The van der Waals surface area contributed by atoms with Crippen molar-refractivity contribution in [3.05, 3.63) is 11.3 Å². The van der Waals surface area contributed by atoms with E-state index in [1.807, 2.05) is 0 Å². The van der Waals surface area contributed by atoms with Crippen molar-refractivity contribution in [1.82, 2.24) is 0 Å². The second kappa shape index (κ2) is 7.75. The molecule has 2 saturated heterocycles. The molecule has 2 saturated carbocycles. The minimum atomic E-state index is -2.93. The maximum absolute atomic E-state index is 13.3. The summed E-state index contributed by atoms with van der Waals surface area (Å²) in [6.07, 6.45) is -7.98. The zero-order chi connectivity index (χ0) is 27.5. The van der Waals surface area contributed by atoms with Crippen molar-refractivity contribution >= 4 is 23.7 Å². The van der Waals surface area contributed by atoms with Crippen LogP contribution >= 0.6 is 0 Å². The molecule has 5 N–H and O–H groups in total. The lowest BCUT2D eigenvalue weighted by molar-refractivity contribution is -0.345. The van der Waals surface area contributed by atoms with Gasteiger partial charge >= 0.3 is 17.9 Å². The predicted molar refractivity (Wildman–Crippen MR) is 120 cm³/mol. The summed E-state index contributed by atoms with van der Waals surface area (Å²) in [6, 6.07) is 0. The first-order valence-corrected chi connectivity index (χ1v) is 12.4. The molecule has 12 heteroatoms. The van der Waals surface area contributed by atoms with Gasteiger partial charge in [0.2, 0.25) is 11.7 Å². The van der Waals surface area contributed by atoms with Crippen LogP contribution in [0.5, 0.6) is 0 Å². The van der Waals surface area contributed by atoms with Crippen LogP contribution in [0.4, 0.5) is 0 Å². The zero-order valence-electron chi connectivity index (χ0n) is 21.0. The van der Waals surface area contributed by atoms with E-state index in [0.29, 0.717) is 5.57 Å². The van der Waals surface area contributed by atoms with E-state index in [1.54, 1.807) is 27.7 Å². The fraction of sp³-hybridized carbons (Fsp3) is 0.760. The van der Waals surface area contributed by atoms with Gasteiger partial charge in [0.15, 0.2) is 17.1 Å². The summed E-state index contributed by atoms with van der Waals surface area (Å²) in [5.41, 5.74) is -8.56. The van der Waals surface area contributed by atoms with Crippen LogP contribution in [0.1, 0.15) is 47.0 Å². The predicted octanol–water partition coefficient (Wildman–Crippen LogP) is -0.377. The molecule has 5 aliphatic rings. The molecular formula is C25H32O12. The van der Waals surface area contributed by atoms with E-state index in [4.69, 9.17) is 14.2 Å². The van der Waals surface area contributed by atoms with Gasteiger partial charge in [-0.3, -0.25) is 9.59 Å². The second-order valence-electron chi connectivity index (χ2n) is 11.9. The van der Waals surface area contributed by atoms with E-state index in [9.17, 15) is 44.7 Å². The van der Waals surface area contributed by atoms with Gasteiger partial charge in [0.25, 0.3) is 0 Å². The van der Waals surface area contributed by atoms with Gasteiger partial charge in [-0.15, -0.1) is 0 Å². The molecule has 0 unspecified atom stereocenters. The standard InChI is InChI=1S/C25H32O12/c1-9(2)5-14(27)37-19-20(31)36-13-6-11-10(3)15(28)12(26)7-22(11,4)17-16(29)18(30)24(21(32)33)25(19,34)23(13,17)8-35-24/h9,11,13,16-19,28-30,34H,5-8H2,1-4H3,(H,32,33)/t11-,13+,16+,17+,18-,19-,22-,23+,24-,25-/m0/s1. The van der Waals surface area contributed by atoms with Crippen molar-refractivity contribution < 1.29 is 58.9 Å². The number of esters is 2. The number of aliphatic carboxylic acids is 1.